The number of carbonyl (C=O) groups is 1. The molecule has 0 fully saturated rings. The van der Waals surface area contributed by atoms with Gasteiger partial charge in [-0.25, -0.2) is 4.79 Å². The standard InChI is InChI=1S/C11H11NO2S/c1-2-3-8-14-11(13)12-9-4-6-10(15)7-5-9/h1,4-7,15H,3,8H2,(H,12,13). The number of rotatable bonds is 3. The lowest BCUT2D eigenvalue weighted by Gasteiger charge is -2.05. The van der Waals surface area contributed by atoms with E-state index in [-0.39, 0.29) is 6.61 Å². The number of carbonyl (C=O) groups excluding carboxylic acids is 1. The smallest absolute Gasteiger partial charge is 0.411 e. The molecule has 1 rings (SSSR count). The quantitative estimate of drug-likeness (QED) is 0.467. The van der Waals surface area contributed by atoms with E-state index in [9.17, 15) is 4.79 Å². The molecule has 0 aliphatic rings. The zero-order chi connectivity index (χ0) is 11.1. The molecular formula is C11H11NO2S. The van der Waals surface area contributed by atoms with Gasteiger partial charge in [0.25, 0.3) is 0 Å². The van der Waals surface area contributed by atoms with Crippen molar-refractivity contribution in [3.8, 4) is 12.3 Å². The van der Waals surface area contributed by atoms with Crippen molar-refractivity contribution in [2.45, 2.75) is 11.3 Å². The second-order valence-electron chi connectivity index (χ2n) is 2.76. The van der Waals surface area contributed by atoms with Gasteiger partial charge in [-0.05, 0) is 24.3 Å². The molecule has 0 saturated heterocycles. The molecule has 78 valence electrons. The second kappa shape index (κ2) is 5.99. The van der Waals surface area contributed by atoms with Crippen LogP contribution in [0.15, 0.2) is 29.2 Å². The molecule has 0 heterocycles. The number of hydrogen-bond acceptors (Lipinski definition) is 3. The Morgan fingerprint density at radius 2 is 2.13 bits per heavy atom. The summed E-state index contributed by atoms with van der Waals surface area (Å²) in [4.78, 5) is 12.0. The first kappa shape index (κ1) is 11.5. The van der Waals surface area contributed by atoms with Gasteiger partial charge in [0.05, 0.1) is 0 Å². The molecule has 15 heavy (non-hydrogen) atoms. The maximum atomic E-state index is 11.2. The van der Waals surface area contributed by atoms with Gasteiger partial charge in [-0.1, -0.05) is 0 Å². The van der Waals surface area contributed by atoms with E-state index in [1.54, 1.807) is 24.3 Å². The first-order valence-corrected chi connectivity index (χ1v) is 4.83. The lowest BCUT2D eigenvalue weighted by molar-refractivity contribution is 0.164. The molecular weight excluding hydrogens is 210 g/mol. The molecule has 1 aromatic rings. The van der Waals surface area contributed by atoms with Crippen LogP contribution in [0.5, 0.6) is 0 Å². The summed E-state index contributed by atoms with van der Waals surface area (Å²) in [6.45, 7) is 0.229. The van der Waals surface area contributed by atoms with Crippen molar-refractivity contribution < 1.29 is 9.53 Å². The SMILES string of the molecule is C#CCCOC(=O)Nc1ccc(S)cc1. The molecule has 0 saturated carbocycles. The summed E-state index contributed by atoms with van der Waals surface area (Å²) >= 11 is 4.13. The topological polar surface area (TPSA) is 38.3 Å². The fraction of sp³-hybridized carbons (Fsp3) is 0.182. The van der Waals surface area contributed by atoms with Crippen molar-refractivity contribution in [3.63, 3.8) is 0 Å². The van der Waals surface area contributed by atoms with E-state index >= 15 is 0 Å². The lowest BCUT2D eigenvalue weighted by atomic mass is 10.3. The highest BCUT2D eigenvalue weighted by molar-refractivity contribution is 7.80. The van der Waals surface area contributed by atoms with Crippen LogP contribution in [0.3, 0.4) is 0 Å². The molecule has 0 aromatic heterocycles. The van der Waals surface area contributed by atoms with Gasteiger partial charge in [0.2, 0.25) is 0 Å². The van der Waals surface area contributed by atoms with Crippen LogP contribution in [0.1, 0.15) is 6.42 Å². The summed E-state index contributed by atoms with van der Waals surface area (Å²) in [7, 11) is 0. The number of anilines is 1. The molecule has 4 heteroatoms. The minimum absolute atomic E-state index is 0.229. The normalized spacial score (nSPS) is 9.07. The summed E-state index contributed by atoms with van der Waals surface area (Å²) in [5, 5.41) is 2.56. The zero-order valence-corrected chi connectivity index (χ0v) is 8.96. The monoisotopic (exact) mass is 221 g/mol. The van der Waals surface area contributed by atoms with Crippen LogP contribution in [0, 0.1) is 12.3 Å². The summed E-state index contributed by atoms with van der Waals surface area (Å²) in [6, 6.07) is 7.04. The Morgan fingerprint density at radius 3 is 2.73 bits per heavy atom. The van der Waals surface area contributed by atoms with Crippen LogP contribution in [-0.2, 0) is 4.74 Å². The number of benzene rings is 1. The van der Waals surface area contributed by atoms with Crippen LogP contribution < -0.4 is 5.32 Å². The third-order valence-electron chi connectivity index (χ3n) is 1.59. The van der Waals surface area contributed by atoms with Gasteiger partial charge >= 0.3 is 6.09 Å². The molecule has 0 bridgehead atoms. The van der Waals surface area contributed by atoms with Crippen molar-refractivity contribution in [2.24, 2.45) is 0 Å². The molecule has 1 aromatic carbocycles. The summed E-state index contributed by atoms with van der Waals surface area (Å²) < 4.78 is 4.80. The first-order chi connectivity index (χ1) is 7.22. The number of ether oxygens (including phenoxy) is 1. The van der Waals surface area contributed by atoms with E-state index in [1.807, 2.05) is 0 Å². The first-order valence-electron chi connectivity index (χ1n) is 4.38. The van der Waals surface area contributed by atoms with Crippen LogP contribution in [0.25, 0.3) is 0 Å². The predicted molar refractivity (Wildman–Crippen MR) is 62.1 cm³/mol. The van der Waals surface area contributed by atoms with Crippen LogP contribution in [0.2, 0.25) is 0 Å². The van der Waals surface area contributed by atoms with Gasteiger partial charge in [0.15, 0.2) is 0 Å². The van der Waals surface area contributed by atoms with Gasteiger partial charge in [0.1, 0.15) is 6.61 Å². The number of hydrogen-bond donors (Lipinski definition) is 2. The van der Waals surface area contributed by atoms with Crippen molar-refractivity contribution in [3.05, 3.63) is 24.3 Å². The molecule has 0 unspecified atom stereocenters. The van der Waals surface area contributed by atoms with Crippen LogP contribution in [-0.4, -0.2) is 12.7 Å². The zero-order valence-electron chi connectivity index (χ0n) is 8.06. The highest BCUT2D eigenvalue weighted by Crippen LogP contribution is 2.11. The minimum atomic E-state index is -0.503. The molecule has 1 N–H and O–H groups in total. The van der Waals surface area contributed by atoms with Crippen molar-refractivity contribution >= 4 is 24.4 Å². The summed E-state index contributed by atoms with van der Waals surface area (Å²) in [5.74, 6) is 2.38. The van der Waals surface area contributed by atoms with Gasteiger partial charge in [-0.2, -0.15) is 0 Å². The Bertz CT molecular complexity index is 367. The Hall–Kier alpha value is -1.60. The highest BCUT2D eigenvalue weighted by atomic mass is 32.1. The Labute approximate surface area is 94.2 Å². The Kier molecular flexibility index (Phi) is 4.58. The highest BCUT2D eigenvalue weighted by Gasteiger charge is 2.01. The predicted octanol–water partition coefficient (Wildman–Crippen LogP) is 2.55. The molecule has 0 aliphatic carbocycles. The number of thiol groups is 1. The van der Waals surface area contributed by atoms with Gasteiger partial charge in [-0.3, -0.25) is 5.32 Å². The second-order valence-corrected chi connectivity index (χ2v) is 3.28. The third-order valence-corrected chi connectivity index (χ3v) is 1.89. The summed E-state index contributed by atoms with van der Waals surface area (Å²) in [6.07, 6.45) is 4.93. The molecule has 3 nitrogen and oxygen atoms in total. The van der Waals surface area contributed by atoms with Crippen LogP contribution >= 0.6 is 12.6 Å². The molecule has 0 atom stereocenters. The third kappa shape index (κ3) is 4.43. The lowest BCUT2D eigenvalue weighted by Crippen LogP contribution is -2.13. The van der Waals surface area contributed by atoms with Crippen molar-refractivity contribution in [2.75, 3.05) is 11.9 Å². The Balaban J connectivity index is 2.38. The van der Waals surface area contributed by atoms with E-state index in [0.29, 0.717) is 12.1 Å². The van der Waals surface area contributed by atoms with Gasteiger partial charge < -0.3 is 4.74 Å². The maximum Gasteiger partial charge on any atom is 0.411 e. The van der Waals surface area contributed by atoms with E-state index in [4.69, 9.17) is 11.2 Å². The van der Waals surface area contributed by atoms with Gasteiger partial charge in [0, 0.05) is 17.0 Å². The van der Waals surface area contributed by atoms with E-state index < -0.39 is 6.09 Å². The molecule has 0 radical (unpaired) electrons. The summed E-state index contributed by atoms with van der Waals surface area (Å²) in [5.41, 5.74) is 0.665. The molecule has 0 spiro atoms. The average molecular weight is 221 g/mol. The fourth-order valence-corrected chi connectivity index (χ4v) is 1.05. The molecule has 1 amide bonds. The van der Waals surface area contributed by atoms with Gasteiger partial charge in [-0.15, -0.1) is 25.0 Å². The van der Waals surface area contributed by atoms with Crippen molar-refractivity contribution in [1.82, 2.24) is 0 Å². The fourth-order valence-electron chi connectivity index (χ4n) is 0.901. The van der Waals surface area contributed by atoms with E-state index in [2.05, 4.69) is 23.9 Å². The maximum absolute atomic E-state index is 11.2. The largest absolute Gasteiger partial charge is 0.448 e. The number of amides is 1. The molecule has 0 aliphatic heterocycles. The average Bonchev–Trinajstić information content (AvgIpc) is 2.22. The Morgan fingerprint density at radius 1 is 1.47 bits per heavy atom. The minimum Gasteiger partial charge on any atom is -0.448 e. The number of terminal acetylenes is 1. The van der Waals surface area contributed by atoms with E-state index in [1.165, 1.54) is 0 Å². The van der Waals surface area contributed by atoms with Crippen LogP contribution in [0.4, 0.5) is 10.5 Å². The van der Waals surface area contributed by atoms with E-state index in [0.717, 1.165) is 4.90 Å². The number of nitrogens with one attached hydrogen (secondary N) is 1. The van der Waals surface area contributed by atoms with Crippen molar-refractivity contribution in [1.29, 1.82) is 0 Å².